The number of esters is 2. The summed E-state index contributed by atoms with van der Waals surface area (Å²) in [7, 11) is 0. The monoisotopic (exact) mass is 479 g/mol. The number of anilines is 1. The van der Waals surface area contributed by atoms with Crippen LogP contribution >= 0.6 is 0 Å². The number of ether oxygens (including phenoxy) is 4. The van der Waals surface area contributed by atoms with Gasteiger partial charge in [0.1, 0.15) is 13.2 Å². The van der Waals surface area contributed by atoms with E-state index in [0.717, 1.165) is 37.9 Å². The Kier molecular flexibility index (Phi) is 18.8. The summed E-state index contributed by atoms with van der Waals surface area (Å²) >= 11 is 0. The third-order valence-corrected chi connectivity index (χ3v) is 5.29. The molecule has 0 aliphatic carbocycles. The lowest BCUT2D eigenvalue weighted by Gasteiger charge is -2.09. The van der Waals surface area contributed by atoms with E-state index in [1.165, 1.54) is 32.1 Å². The molecule has 0 amide bonds. The molecule has 0 saturated heterocycles. The summed E-state index contributed by atoms with van der Waals surface area (Å²) in [6, 6.07) is 7.28. The topological polar surface area (TPSA) is 83.1 Å². The van der Waals surface area contributed by atoms with Gasteiger partial charge in [-0.15, -0.1) is 0 Å². The molecular formula is C27H45NO6. The Bertz CT molecular complexity index is 635. The van der Waals surface area contributed by atoms with Crippen molar-refractivity contribution in [2.75, 3.05) is 51.5 Å². The van der Waals surface area contributed by atoms with Gasteiger partial charge in [0, 0.05) is 18.7 Å². The number of hydrogen-bond acceptors (Lipinski definition) is 7. The van der Waals surface area contributed by atoms with Crippen LogP contribution in [0.5, 0.6) is 0 Å². The molecule has 0 spiro atoms. The first kappa shape index (κ1) is 29.9. The molecule has 1 aromatic rings. The molecule has 1 N–H and O–H groups in total. The van der Waals surface area contributed by atoms with Crippen molar-refractivity contribution in [1.82, 2.24) is 0 Å². The van der Waals surface area contributed by atoms with Crippen molar-refractivity contribution >= 4 is 17.6 Å². The third kappa shape index (κ3) is 16.5. The fourth-order valence-electron chi connectivity index (χ4n) is 3.25. The van der Waals surface area contributed by atoms with E-state index in [0.29, 0.717) is 38.4 Å². The molecule has 0 aromatic heterocycles. The highest BCUT2D eigenvalue weighted by molar-refractivity contribution is 5.89. The van der Waals surface area contributed by atoms with Gasteiger partial charge in [-0.1, -0.05) is 58.8 Å². The zero-order chi connectivity index (χ0) is 24.7. The Balaban J connectivity index is 1.91. The molecular weight excluding hydrogens is 434 g/mol. The molecule has 0 aliphatic rings. The van der Waals surface area contributed by atoms with Crippen molar-refractivity contribution in [1.29, 1.82) is 0 Å². The molecule has 1 rings (SSSR count). The summed E-state index contributed by atoms with van der Waals surface area (Å²) < 4.78 is 21.2. The summed E-state index contributed by atoms with van der Waals surface area (Å²) in [6.07, 6.45) is 11.0. The van der Waals surface area contributed by atoms with Crippen LogP contribution in [-0.2, 0) is 23.7 Å². The molecule has 194 valence electrons. The molecule has 0 saturated carbocycles. The van der Waals surface area contributed by atoms with Crippen LogP contribution < -0.4 is 5.32 Å². The van der Waals surface area contributed by atoms with E-state index in [1.807, 2.05) is 12.1 Å². The van der Waals surface area contributed by atoms with Crippen LogP contribution in [-0.4, -0.2) is 58.1 Å². The first-order chi connectivity index (χ1) is 16.7. The summed E-state index contributed by atoms with van der Waals surface area (Å²) in [5, 5.41) is 3.31. The largest absolute Gasteiger partial charge is 0.463 e. The smallest absolute Gasteiger partial charge is 0.338 e. The van der Waals surface area contributed by atoms with Crippen LogP contribution in [0.15, 0.2) is 24.3 Å². The van der Waals surface area contributed by atoms with Crippen molar-refractivity contribution in [2.24, 2.45) is 0 Å². The molecule has 7 heteroatoms. The first-order valence-corrected chi connectivity index (χ1v) is 13.0. The maximum Gasteiger partial charge on any atom is 0.338 e. The molecule has 7 nitrogen and oxygen atoms in total. The van der Waals surface area contributed by atoms with Crippen LogP contribution in [0.2, 0.25) is 0 Å². The van der Waals surface area contributed by atoms with Crippen molar-refractivity contribution in [3.05, 3.63) is 29.8 Å². The SMILES string of the molecule is CCCCCCCCCC(=O)OCCOCCOCCOC(=O)c1ccc(NCCCC)cc1. The lowest BCUT2D eigenvalue weighted by atomic mass is 10.1. The van der Waals surface area contributed by atoms with Gasteiger partial charge in [-0.2, -0.15) is 0 Å². The number of rotatable bonds is 22. The van der Waals surface area contributed by atoms with Gasteiger partial charge in [-0.3, -0.25) is 4.79 Å². The molecule has 0 heterocycles. The van der Waals surface area contributed by atoms with Crippen LogP contribution in [0.3, 0.4) is 0 Å². The summed E-state index contributed by atoms with van der Waals surface area (Å²) in [5.74, 6) is -0.518. The summed E-state index contributed by atoms with van der Waals surface area (Å²) in [5.41, 5.74) is 1.52. The first-order valence-electron chi connectivity index (χ1n) is 13.0. The number of nitrogens with one attached hydrogen (secondary N) is 1. The highest BCUT2D eigenvalue weighted by Gasteiger charge is 2.07. The van der Waals surface area contributed by atoms with E-state index < -0.39 is 0 Å². The van der Waals surface area contributed by atoms with E-state index in [9.17, 15) is 9.59 Å². The van der Waals surface area contributed by atoms with E-state index >= 15 is 0 Å². The minimum Gasteiger partial charge on any atom is -0.463 e. The Morgan fingerprint density at radius 1 is 0.676 bits per heavy atom. The van der Waals surface area contributed by atoms with Crippen molar-refractivity contribution < 1.29 is 28.5 Å². The Morgan fingerprint density at radius 3 is 1.88 bits per heavy atom. The Labute approximate surface area is 205 Å². The van der Waals surface area contributed by atoms with Gasteiger partial charge in [-0.05, 0) is 37.1 Å². The van der Waals surface area contributed by atoms with Gasteiger partial charge in [0.2, 0.25) is 0 Å². The Hall–Kier alpha value is -2.12. The van der Waals surface area contributed by atoms with E-state index in [1.54, 1.807) is 12.1 Å². The second-order valence-electron chi connectivity index (χ2n) is 8.31. The molecule has 0 fully saturated rings. The molecule has 0 unspecified atom stereocenters. The lowest BCUT2D eigenvalue weighted by Crippen LogP contribution is -2.15. The highest BCUT2D eigenvalue weighted by atomic mass is 16.6. The van der Waals surface area contributed by atoms with Crippen molar-refractivity contribution in [3.63, 3.8) is 0 Å². The molecule has 0 aliphatic heterocycles. The minimum absolute atomic E-state index is 0.155. The predicted octanol–water partition coefficient (Wildman–Crippen LogP) is 5.77. The van der Waals surface area contributed by atoms with Crippen LogP contribution in [0.25, 0.3) is 0 Å². The molecule has 1 aromatic carbocycles. The standard InChI is InChI=1S/C27H45NO6/c1-3-5-7-8-9-10-11-12-26(29)33-22-20-31-18-19-32-21-23-34-27(30)24-13-15-25(16-14-24)28-17-6-4-2/h13-16,28H,3-12,17-23H2,1-2H3. The summed E-state index contributed by atoms with van der Waals surface area (Å²) in [4.78, 5) is 23.7. The fraction of sp³-hybridized carbons (Fsp3) is 0.704. The van der Waals surface area contributed by atoms with Crippen LogP contribution in [0, 0.1) is 0 Å². The zero-order valence-corrected chi connectivity index (χ0v) is 21.3. The second kappa shape index (κ2) is 21.4. The van der Waals surface area contributed by atoms with E-state index in [4.69, 9.17) is 18.9 Å². The third-order valence-electron chi connectivity index (χ3n) is 5.29. The van der Waals surface area contributed by atoms with Gasteiger partial charge < -0.3 is 24.3 Å². The fourth-order valence-corrected chi connectivity index (χ4v) is 3.25. The minimum atomic E-state index is -0.363. The van der Waals surface area contributed by atoms with Gasteiger partial charge >= 0.3 is 11.9 Å². The zero-order valence-electron chi connectivity index (χ0n) is 21.3. The molecule has 0 bridgehead atoms. The van der Waals surface area contributed by atoms with Crippen LogP contribution in [0.4, 0.5) is 5.69 Å². The Morgan fingerprint density at radius 2 is 1.24 bits per heavy atom. The lowest BCUT2D eigenvalue weighted by molar-refractivity contribution is -0.145. The predicted molar refractivity (Wildman–Crippen MR) is 135 cm³/mol. The maximum absolute atomic E-state index is 12.1. The molecule has 34 heavy (non-hydrogen) atoms. The number of carbonyl (C=O) groups excluding carboxylic acids is 2. The molecule has 0 atom stereocenters. The van der Waals surface area contributed by atoms with E-state index in [2.05, 4.69) is 19.2 Å². The van der Waals surface area contributed by atoms with Gasteiger partial charge in [0.05, 0.1) is 32.0 Å². The van der Waals surface area contributed by atoms with Gasteiger partial charge in [0.15, 0.2) is 0 Å². The van der Waals surface area contributed by atoms with Gasteiger partial charge in [0.25, 0.3) is 0 Å². The van der Waals surface area contributed by atoms with Crippen LogP contribution in [0.1, 0.15) is 88.4 Å². The second-order valence-corrected chi connectivity index (χ2v) is 8.31. The summed E-state index contributed by atoms with van der Waals surface area (Å²) in [6.45, 7) is 7.18. The number of benzene rings is 1. The number of carbonyl (C=O) groups is 2. The normalized spacial score (nSPS) is 10.8. The van der Waals surface area contributed by atoms with Crippen molar-refractivity contribution in [2.45, 2.75) is 78.1 Å². The van der Waals surface area contributed by atoms with Gasteiger partial charge in [-0.25, -0.2) is 4.79 Å². The number of hydrogen-bond donors (Lipinski definition) is 1. The molecule has 0 radical (unpaired) electrons. The van der Waals surface area contributed by atoms with E-state index in [-0.39, 0.29) is 25.2 Å². The average Bonchev–Trinajstić information content (AvgIpc) is 2.85. The average molecular weight is 480 g/mol. The highest BCUT2D eigenvalue weighted by Crippen LogP contribution is 2.11. The maximum atomic E-state index is 12.1. The quantitative estimate of drug-likeness (QED) is 0.167. The number of unbranched alkanes of at least 4 members (excludes halogenated alkanes) is 7. The van der Waals surface area contributed by atoms with Crippen molar-refractivity contribution in [3.8, 4) is 0 Å².